The van der Waals surface area contributed by atoms with Crippen LogP contribution in [0.2, 0.25) is 5.02 Å². The van der Waals surface area contributed by atoms with Gasteiger partial charge in [0.25, 0.3) is 5.91 Å². The standard InChI is InChI=1S/C17H15ClFNO3/c18-12-2-1-3-13(19)16(12)17(22)20-9-14(21)10-4-5-15-11(8-10)6-7-23-15/h1-5,8,14,21H,6-7,9H2,(H,20,22). The first-order valence-corrected chi connectivity index (χ1v) is 7.60. The number of aliphatic hydroxyl groups is 1. The Morgan fingerprint density at radius 1 is 1.39 bits per heavy atom. The molecule has 0 spiro atoms. The molecular formula is C17H15ClFNO3. The normalized spacial score (nSPS) is 14.0. The van der Waals surface area contributed by atoms with E-state index in [9.17, 15) is 14.3 Å². The van der Waals surface area contributed by atoms with Gasteiger partial charge in [-0.15, -0.1) is 0 Å². The van der Waals surface area contributed by atoms with Gasteiger partial charge in [0.2, 0.25) is 0 Å². The summed E-state index contributed by atoms with van der Waals surface area (Å²) >= 11 is 5.84. The Balaban J connectivity index is 1.67. The molecule has 1 atom stereocenters. The van der Waals surface area contributed by atoms with Crippen LogP contribution in [0.1, 0.15) is 27.6 Å². The van der Waals surface area contributed by atoms with Gasteiger partial charge in [-0.05, 0) is 35.4 Å². The molecule has 1 unspecified atom stereocenters. The molecule has 2 aromatic carbocycles. The number of aliphatic hydroxyl groups excluding tert-OH is 1. The molecule has 0 saturated heterocycles. The van der Waals surface area contributed by atoms with E-state index in [1.165, 1.54) is 12.1 Å². The molecule has 0 radical (unpaired) electrons. The highest BCUT2D eigenvalue weighted by molar-refractivity contribution is 6.33. The van der Waals surface area contributed by atoms with Crippen molar-refractivity contribution in [2.75, 3.05) is 13.2 Å². The van der Waals surface area contributed by atoms with Crippen molar-refractivity contribution < 1.29 is 19.0 Å². The summed E-state index contributed by atoms with van der Waals surface area (Å²) in [5.74, 6) is -0.529. The predicted octanol–water partition coefficient (Wildman–Crippen LogP) is 2.88. The lowest BCUT2D eigenvalue weighted by atomic mass is 10.0. The van der Waals surface area contributed by atoms with E-state index >= 15 is 0 Å². The Bertz CT molecular complexity index is 730. The van der Waals surface area contributed by atoms with E-state index in [2.05, 4.69) is 5.32 Å². The number of carbonyl (C=O) groups is 1. The number of carbonyl (C=O) groups excluding carboxylic acids is 1. The van der Waals surface area contributed by atoms with Crippen LogP contribution in [0.15, 0.2) is 36.4 Å². The van der Waals surface area contributed by atoms with Crippen LogP contribution in [0.5, 0.6) is 5.75 Å². The fourth-order valence-corrected chi connectivity index (χ4v) is 2.77. The lowest BCUT2D eigenvalue weighted by Gasteiger charge is -2.14. The minimum atomic E-state index is -0.893. The summed E-state index contributed by atoms with van der Waals surface area (Å²) in [5, 5.41) is 12.7. The van der Waals surface area contributed by atoms with Gasteiger partial charge in [-0.25, -0.2) is 4.39 Å². The van der Waals surface area contributed by atoms with Crippen molar-refractivity contribution in [2.45, 2.75) is 12.5 Å². The van der Waals surface area contributed by atoms with E-state index in [-0.39, 0.29) is 17.1 Å². The number of hydrogen-bond donors (Lipinski definition) is 2. The van der Waals surface area contributed by atoms with Gasteiger partial charge in [0, 0.05) is 13.0 Å². The maximum absolute atomic E-state index is 13.7. The highest BCUT2D eigenvalue weighted by Crippen LogP contribution is 2.28. The molecule has 1 amide bonds. The molecule has 0 bridgehead atoms. The molecule has 120 valence electrons. The Labute approximate surface area is 137 Å². The van der Waals surface area contributed by atoms with Crippen LogP contribution in [-0.2, 0) is 6.42 Å². The number of rotatable bonds is 4. The predicted molar refractivity (Wildman–Crippen MR) is 84.3 cm³/mol. The molecular weight excluding hydrogens is 321 g/mol. The Kier molecular flexibility index (Phi) is 4.50. The highest BCUT2D eigenvalue weighted by atomic mass is 35.5. The number of nitrogens with one attached hydrogen (secondary N) is 1. The van der Waals surface area contributed by atoms with Crippen LogP contribution in [-0.4, -0.2) is 24.2 Å². The van der Waals surface area contributed by atoms with E-state index in [0.717, 1.165) is 23.8 Å². The summed E-state index contributed by atoms with van der Waals surface area (Å²) in [6.45, 7) is 0.598. The molecule has 0 aromatic heterocycles. The molecule has 2 aromatic rings. The minimum Gasteiger partial charge on any atom is -0.493 e. The van der Waals surface area contributed by atoms with Gasteiger partial charge in [0.05, 0.1) is 23.3 Å². The lowest BCUT2D eigenvalue weighted by molar-refractivity contribution is 0.0912. The molecule has 4 nitrogen and oxygen atoms in total. The number of halogens is 2. The molecule has 23 heavy (non-hydrogen) atoms. The van der Waals surface area contributed by atoms with Gasteiger partial charge < -0.3 is 15.2 Å². The molecule has 6 heteroatoms. The second-order valence-electron chi connectivity index (χ2n) is 5.29. The Hall–Kier alpha value is -2.11. The van der Waals surface area contributed by atoms with Gasteiger partial charge in [-0.1, -0.05) is 23.7 Å². The monoisotopic (exact) mass is 335 g/mol. The summed E-state index contributed by atoms with van der Waals surface area (Å²) in [6, 6.07) is 9.44. The quantitative estimate of drug-likeness (QED) is 0.903. The van der Waals surface area contributed by atoms with Crippen LogP contribution in [0.4, 0.5) is 4.39 Å². The largest absolute Gasteiger partial charge is 0.493 e. The molecule has 0 saturated carbocycles. The van der Waals surface area contributed by atoms with Gasteiger partial charge in [-0.3, -0.25) is 4.79 Å². The second-order valence-corrected chi connectivity index (χ2v) is 5.70. The molecule has 1 heterocycles. The average Bonchev–Trinajstić information content (AvgIpc) is 3.00. The number of amides is 1. The number of fused-ring (bicyclic) bond motifs is 1. The van der Waals surface area contributed by atoms with E-state index in [1.807, 2.05) is 6.07 Å². The summed E-state index contributed by atoms with van der Waals surface area (Å²) in [7, 11) is 0. The third-order valence-electron chi connectivity index (χ3n) is 3.74. The van der Waals surface area contributed by atoms with Crippen LogP contribution >= 0.6 is 11.6 Å². The van der Waals surface area contributed by atoms with Crippen molar-refractivity contribution in [3.63, 3.8) is 0 Å². The van der Waals surface area contributed by atoms with Crippen LogP contribution in [0.3, 0.4) is 0 Å². The zero-order valence-corrected chi connectivity index (χ0v) is 12.9. The van der Waals surface area contributed by atoms with Crippen molar-refractivity contribution in [1.29, 1.82) is 0 Å². The maximum Gasteiger partial charge on any atom is 0.255 e. The molecule has 2 N–H and O–H groups in total. The lowest BCUT2D eigenvalue weighted by Crippen LogP contribution is -2.29. The van der Waals surface area contributed by atoms with E-state index < -0.39 is 17.8 Å². The number of benzene rings is 2. The zero-order valence-electron chi connectivity index (χ0n) is 12.2. The fraction of sp³-hybridized carbons (Fsp3) is 0.235. The van der Waals surface area contributed by atoms with Crippen LogP contribution < -0.4 is 10.1 Å². The van der Waals surface area contributed by atoms with Gasteiger partial charge in [0.1, 0.15) is 11.6 Å². The third-order valence-corrected chi connectivity index (χ3v) is 4.06. The first kappa shape index (κ1) is 15.8. The van der Waals surface area contributed by atoms with Crippen molar-refractivity contribution in [1.82, 2.24) is 5.32 Å². The first-order chi connectivity index (χ1) is 11.1. The number of hydrogen-bond acceptors (Lipinski definition) is 3. The maximum atomic E-state index is 13.7. The van der Waals surface area contributed by atoms with E-state index in [4.69, 9.17) is 16.3 Å². The zero-order chi connectivity index (χ0) is 16.4. The molecule has 0 fully saturated rings. The van der Waals surface area contributed by atoms with Gasteiger partial charge >= 0.3 is 0 Å². The van der Waals surface area contributed by atoms with E-state index in [0.29, 0.717) is 12.2 Å². The number of ether oxygens (including phenoxy) is 1. The average molecular weight is 336 g/mol. The van der Waals surface area contributed by atoms with Crippen LogP contribution in [0.25, 0.3) is 0 Å². The van der Waals surface area contributed by atoms with Crippen molar-refractivity contribution in [2.24, 2.45) is 0 Å². The molecule has 1 aliphatic heterocycles. The third kappa shape index (κ3) is 3.30. The second kappa shape index (κ2) is 6.56. The smallest absolute Gasteiger partial charge is 0.255 e. The highest BCUT2D eigenvalue weighted by Gasteiger charge is 2.19. The fourth-order valence-electron chi connectivity index (χ4n) is 2.52. The summed E-state index contributed by atoms with van der Waals surface area (Å²) in [4.78, 5) is 12.0. The van der Waals surface area contributed by atoms with Gasteiger partial charge in [0.15, 0.2) is 0 Å². The summed E-state index contributed by atoms with van der Waals surface area (Å²) < 4.78 is 19.1. The van der Waals surface area contributed by atoms with Crippen LogP contribution in [0, 0.1) is 5.82 Å². The summed E-state index contributed by atoms with van der Waals surface area (Å²) in [6.07, 6.45) is -0.0945. The Morgan fingerprint density at radius 3 is 3.00 bits per heavy atom. The van der Waals surface area contributed by atoms with Gasteiger partial charge in [-0.2, -0.15) is 0 Å². The van der Waals surface area contributed by atoms with Crippen molar-refractivity contribution in [3.8, 4) is 5.75 Å². The van der Waals surface area contributed by atoms with E-state index in [1.54, 1.807) is 12.1 Å². The minimum absolute atomic E-state index is 0.0340. The SMILES string of the molecule is O=C(NCC(O)c1ccc2c(c1)CCO2)c1c(F)cccc1Cl. The topological polar surface area (TPSA) is 58.6 Å². The Morgan fingerprint density at radius 2 is 2.22 bits per heavy atom. The molecule has 0 aliphatic carbocycles. The van der Waals surface area contributed by atoms with Crippen molar-refractivity contribution >= 4 is 17.5 Å². The molecule has 3 rings (SSSR count). The molecule has 1 aliphatic rings. The summed E-state index contributed by atoms with van der Waals surface area (Å²) in [5.41, 5.74) is 1.49. The van der Waals surface area contributed by atoms with Crippen molar-refractivity contribution in [3.05, 3.63) is 63.9 Å². The first-order valence-electron chi connectivity index (χ1n) is 7.22.